The minimum atomic E-state index is 0.553. The molecule has 0 amide bonds. The lowest BCUT2D eigenvalue weighted by atomic mass is 9.81. The number of aromatic nitrogens is 1. The summed E-state index contributed by atoms with van der Waals surface area (Å²) in [6, 6.07) is 14.4. The maximum absolute atomic E-state index is 6.41. The number of nitrogens with one attached hydrogen (secondary N) is 1. The first-order chi connectivity index (χ1) is 13.3. The number of hydrogen-bond donors (Lipinski definition) is 1. The van der Waals surface area contributed by atoms with E-state index in [1.807, 2.05) is 30.3 Å². The Kier molecular flexibility index (Phi) is 4.23. The molecule has 0 spiro atoms. The van der Waals surface area contributed by atoms with Gasteiger partial charge >= 0.3 is 0 Å². The second kappa shape index (κ2) is 6.88. The highest BCUT2D eigenvalue weighted by atomic mass is 16.5. The molecule has 3 heteroatoms. The van der Waals surface area contributed by atoms with E-state index in [4.69, 9.17) is 9.72 Å². The van der Waals surface area contributed by atoms with Gasteiger partial charge in [0.15, 0.2) is 0 Å². The zero-order valence-corrected chi connectivity index (χ0v) is 15.9. The molecule has 1 N–H and O–H groups in total. The number of rotatable bonds is 3. The van der Waals surface area contributed by atoms with E-state index in [1.54, 1.807) is 0 Å². The number of benzene rings is 2. The van der Waals surface area contributed by atoms with E-state index in [0.717, 1.165) is 35.7 Å². The van der Waals surface area contributed by atoms with Gasteiger partial charge in [-0.05, 0) is 61.9 Å². The Morgan fingerprint density at radius 1 is 1.00 bits per heavy atom. The lowest BCUT2D eigenvalue weighted by molar-refractivity contribution is 0.421. The lowest BCUT2D eigenvalue weighted by Gasteiger charge is -2.26. The van der Waals surface area contributed by atoms with E-state index in [1.165, 1.54) is 54.3 Å². The van der Waals surface area contributed by atoms with Crippen molar-refractivity contribution in [3.05, 3.63) is 59.3 Å². The molecule has 1 saturated carbocycles. The van der Waals surface area contributed by atoms with Crippen molar-refractivity contribution in [2.24, 2.45) is 0 Å². The van der Waals surface area contributed by atoms with Gasteiger partial charge in [-0.1, -0.05) is 37.5 Å². The van der Waals surface area contributed by atoms with Crippen molar-refractivity contribution < 1.29 is 4.74 Å². The number of pyridine rings is 1. The van der Waals surface area contributed by atoms with Crippen molar-refractivity contribution in [2.75, 3.05) is 11.9 Å². The van der Waals surface area contributed by atoms with Crippen LogP contribution in [0.2, 0.25) is 0 Å². The fraction of sp³-hybridized carbons (Fsp3) is 0.375. The predicted octanol–water partition coefficient (Wildman–Crippen LogP) is 6.35. The van der Waals surface area contributed by atoms with Crippen LogP contribution in [0, 0.1) is 6.92 Å². The van der Waals surface area contributed by atoms with Crippen molar-refractivity contribution in [1.82, 2.24) is 4.98 Å². The normalized spacial score (nSPS) is 16.9. The Hall–Kier alpha value is -2.55. The number of anilines is 1. The Labute approximate surface area is 160 Å². The van der Waals surface area contributed by atoms with Crippen LogP contribution in [0.15, 0.2) is 42.5 Å². The zero-order chi connectivity index (χ0) is 18.2. The number of fused-ring (bicyclic) bond motifs is 3. The van der Waals surface area contributed by atoms with Crippen LogP contribution in [0.4, 0.5) is 5.69 Å². The van der Waals surface area contributed by atoms with Crippen LogP contribution < -0.4 is 10.1 Å². The summed E-state index contributed by atoms with van der Waals surface area (Å²) in [7, 11) is 0. The molecule has 1 aliphatic heterocycles. The van der Waals surface area contributed by atoms with Gasteiger partial charge in [0.05, 0.1) is 5.52 Å². The molecule has 1 fully saturated rings. The first-order valence-corrected chi connectivity index (χ1v) is 10.2. The van der Waals surface area contributed by atoms with E-state index in [-0.39, 0.29) is 0 Å². The molecular weight excluding hydrogens is 332 g/mol. The van der Waals surface area contributed by atoms with Gasteiger partial charge in [0.25, 0.3) is 0 Å². The molecule has 27 heavy (non-hydrogen) atoms. The molecule has 3 nitrogen and oxygen atoms in total. The first kappa shape index (κ1) is 16.6. The summed E-state index contributed by atoms with van der Waals surface area (Å²) in [6.45, 7) is 3.14. The number of ether oxygens (including phenoxy) is 1. The molecule has 1 aliphatic carbocycles. The summed E-state index contributed by atoms with van der Waals surface area (Å²) < 4.78 is 6.41. The third kappa shape index (κ3) is 2.95. The van der Waals surface area contributed by atoms with E-state index < -0.39 is 0 Å². The Morgan fingerprint density at radius 3 is 2.63 bits per heavy atom. The highest BCUT2D eigenvalue weighted by Crippen LogP contribution is 2.46. The molecule has 0 radical (unpaired) electrons. The van der Waals surface area contributed by atoms with Crippen molar-refractivity contribution >= 4 is 16.6 Å². The molecule has 2 heterocycles. The SMILES string of the molecule is Cc1nc2ccc(Oc3ccccc3)c(C3CCCCC3)c2c2c1CCN2. The quantitative estimate of drug-likeness (QED) is 0.592. The van der Waals surface area contributed by atoms with Gasteiger partial charge in [-0.25, -0.2) is 0 Å². The van der Waals surface area contributed by atoms with E-state index in [9.17, 15) is 0 Å². The van der Waals surface area contributed by atoms with E-state index in [2.05, 4.69) is 24.4 Å². The maximum Gasteiger partial charge on any atom is 0.131 e. The second-order valence-electron chi connectivity index (χ2n) is 7.85. The molecule has 2 aromatic carbocycles. The fourth-order valence-corrected chi connectivity index (χ4v) is 4.84. The predicted molar refractivity (Wildman–Crippen MR) is 111 cm³/mol. The van der Waals surface area contributed by atoms with Gasteiger partial charge in [-0.2, -0.15) is 0 Å². The van der Waals surface area contributed by atoms with Gasteiger partial charge in [0.1, 0.15) is 11.5 Å². The van der Waals surface area contributed by atoms with Crippen molar-refractivity contribution in [1.29, 1.82) is 0 Å². The minimum Gasteiger partial charge on any atom is -0.457 e. The highest BCUT2D eigenvalue weighted by molar-refractivity contribution is 5.99. The van der Waals surface area contributed by atoms with Gasteiger partial charge in [0, 0.05) is 28.9 Å². The van der Waals surface area contributed by atoms with Crippen LogP contribution in [0.3, 0.4) is 0 Å². The lowest BCUT2D eigenvalue weighted by Crippen LogP contribution is -2.08. The zero-order valence-electron chi connectivity index (χ0n) is 15.9. The molecule has 5 rings (SSSR count). The third-order valence-electron chi connectivity index (χ3n) is 6.12. The largest absolute Gasteiger partial charge is 0.457 e. The molecule has 0 atom stereocenters. The molecule has 138 valence electrons. The molecular formula is C24H26N2O. The van der Waals surface area contributed by atoms with E-state index in [0.29, 0.717) is 5.92 Å². The molecule has 1 aromatic heterocycles. The average molecular weight is 358 g/mol. The fourth-order valence-electron chi connectivity index (χ4n) is 4.84. The summed E-state index contributed by atoms with van der Waals surface area (Å²) in [5.41, 5.74) is 6.32. The minimum absolute atomic E-state index is 0.553. The second-order valence-corrected chi connectivity index (χ2v) is 7.85. The molecule has 0 saturated heterocycles. The van der Waals surface area contributed by atoms with Crippen molar-refractivity contribution in [3.8, 4) is 11.5 Å². The molecule has 2 aliphatic rings. The number of hydrogen-bond acceptors (Lipinski definition) is 3. The van der Waals surface area contributed by atoms with Crippen LogP contribution >= 0.6 is 0 Å². The van der Waals surface area contributed by atoms with Crippen LogP contribution in [0.1, 0.15) is 54.8 Å². The number of aryl methyl sites for hydroxylation is 1. The monoisotopic (exact) mass is 358 g/mol. The van der Waals surface area contributed by atoms with Crippen LogP contribution in [0.25, 0.3) is 10.9 Å². The molecule has 3 aromatic rings. The first-order valence-electron chi connectivity index (χ1n) is 10.2. The number of para-hydroxylation sites is 1. The Balaban J connectivity index is 1.73. The molecule has 0 bridgehead atoms. The maximum atomic E-state index is 6.41. The number of nitrogens with zero attached hydrogens (tertiary/aromatic N) is 1. The smallest absolute Gasteiger partial charge is 0.131 e. The molecule has 0 unspecified atom stereocenters. The van der Waals surface area contributed by atoms with Crippen molar-refractivity contribution in [3.63, 3.8) is 0 Å². The standard InChI is InChI=1S/C24H26N2O/c1-16-19-14-15-25-24(19)23-20(26-16)12-13-21(27-18-10-6-3-7-11-18)22(23)17-8-4-2-5-9-17/h3,6-7,10-13,17,25H,2,4-5,8-9,14-15H2,1H3. The van der Waals surface area contributed by atoms with Crippen molar-refractivity contribution in [2.45, 2.75) is 51.4 Å². The highest BCUT2D eigenvalue weighted by Gasteiger charge is 2.27. The Morgan fingerprint density at radius 2 is 1.81 bits per heavy atom. The topological polar surface area (TPSA) is 34.1 Å². The summed E-state index contributed by atoms with van der Waals surface area (Å²) in [5, 5.41) is 4.96. The van der Waals surface area contributed by atoms with Gasteiger partial charge < -0.3 is 10.1 Å². The van der Waals surface area contributed by atoms with Gasteiger partial charge in [0.2, 0.25) is 0 Å². The van der Waals surface area contributed by atoms with E-state index >= 15 is 0 Å². The van der Waals surface area contributed by atoms with Crippen LogP contribution in [0.5, 0.6) is 11.5 Å². The van der Waals surface area contributed by atoms with Crippen LogP contribution in [-0.4, -0.2) is 11.5 Å². The van der Waals surface area contributed by atoms with Gasteiger partial charge in [-0.15, -0.1) is 0 Å². The summed E-state index contributed by atoms with van der Waals surface area (Å²) in [6.07, 6.45) is 7.52. The van der Waals surface area contributed by atoms with Gasteiger partial charge in [-0.3, -0.25) is 4.98 Å². The third-order valence-corrected chi connectivity index (χ3v) is 6.12. The Bertz CT molecular complexity index is 975. The summed E-state index contributed by atoms with van der Waals surface area (Å²) in [4.78, 5) is 4.96. The summed E-state index contributed by atoms with van der Waals surface area (Å²) in [5.74, 6) is 2.46. The van der Waals surface area contributed by atoms with Crippen LogP contribution in [-0.2, 0) is 6.42 Å². The summed E-state index contributed by atoms with van der Waals surface area (Å²) >= 11 is 0. The average Bonchev–Trinajstić information content (AvgIpc) is 3.20.